The lowest BCUT2D eigenvalue weighted by Crippen LogP contribution is -2.14. The molecule has 0 fully saturated rings. The monoisotopic (exact) mass is 661 g/mol. The lowest BCUT2D eigenvalue weighted by atomic mass is 10.0. The van der Waals surface area contributed by atoms with Crippen LogP contribution in [0.25, 0.3) is 11.2 Å². The summed E-state index contributed by atoms with van der Waals surface area (Å²) in [5.74, 6) is 0.00851. The molecule has 3 aromatic rings. The topological polar surface area (TPSA) is 144 Å². The van der Waals surface area contributed by atoms with Gasteiger partial charge in [-0.05, 0) is 12.0 Å². The molecule has 46 heavy (non-hydrogen) atoms. The first kappa shape index (κ1) is 37.9. The third-order valence-corrected chi connectivity index (χ3v) is 9.49. The van der Waals surface area contributed by atoms with Gasteiger partial charge >= 0.3 is 7.60 Å². The smallest absolute Gasteiger partial charge is 0.356 e. The fraction of sp³-hybridized carbons (Fsp3) is 0.676. The predicted octanol–water partition coefficient (Wildman–Crippen LogP) is 7.99. The summed E-state index contributed by atoms with van der Waals surface area (Å²) < 4.78 is 38.1. The van der Waals surface area contributed by atoms with Crippen LogP contribution < -0.4 is 11.3 Å². The fourth-order valence-electron chi connectivity index (χ4n) is 5.25. The summed E-state index contributed by atoms with van der Waals surface area (Å²) in [6.07, 6.45) is 21.2. The molecule has 0 spiro atoms. The van der Waals surface area contributed by atoms with Crippen molar-refractivity contribution in [2.45, 2.75) is 116 Å². The van der Waals surface area contributed by atoms with E-state index in [1.807, 2.05) is 30.3 Å². The van der Waals surface area contributed by atoms with E-state index in [4.69, 9.17) is 24.3 Å². The van der Waals surface area contributed by atoms with Crippen molar-refractivity contribution in [3.63, 3.8) is 0 Å². The largest absolute Gasteiger partial charge is 0.379 e. The number of fused-ring (bicyclic) bond motifs is 1. The highest BCUT2D eigenvalue weighted by Crippen LogP contribution is 2.48. The molecule has 3 rings (SSSR count). The molecule has 0 aliphatic rings. The van der Waals surface area contributed by atoms with E-state index >= 15 is 0 Å². The number of nitrogens with one attached hydrogen (secondary N) is 1. The van der Waals surface area contributed by atoms with Crippen molar-refractivity contribution in [1.29, 1.82) is 0 Å². The first-order valence-electron chi connectivity index (χ1n) is 17.3. The highest BCUT2D eigenvalue weighted by atomic mass is 31.2. The molecule has 0 aliphatic heterocycles. The standard InChI is InChI=1S/C34H56N5O6P/c1-2-3-4-5-6-7-8-9-10-11-12-13-14-15-19-23-42-25-26-44-46(41,45-27-30-20-17-16-18-21-30)29-43-24-22-39-28-36-31-32(39)37-34(35)38-33(31)40/h16-18,20-21,28H,2-15,19,22-27,29H2,1H3,(H3,35,37,38,40). The second-order valence-corrected chi connectivity index (χ2v) is 13.9. The highest BCUT2D eigenvalue weighted by molar-refractivity contribution is 7.53. The summed E-state index contributed by atoms with van der Waals surface area (Å²) in [5, 5.41) is 0. The Morgan fingerprint density at radius 1 is 0.783 bits per heavy atom. The van der Waals surface area contributed by atoms with Gasteiger partial charge in [0.15, 0.2) is 11.2 Å². The van der Waals surface area contributed by atoms with Gasteiger partial charge in [-0.15, -0.1) is 0 Å². The number of nitrogen functional groups attached to an aromatic ring is 1. The second kappa shape index (κ2) is 22.9. The molecule has 3 N–H and O–H groups in total. The average molecular weight is 662 g/mol. The van der Waals surface area contributed by atoms with E-state index in [1.54, 1.807) is 4.57 Å². The van der Waals surface area contributed by atoms with Gasteiger partial charge in [0, 0.05) is 13.2 Å². The number of benzene rings is 1. The molecule has 0 amide bonds. The van der Waals surface area contributed by atoms with Gasteiger partial charge in [0.1, 0.15) is 6.35 Å². The molecule has 0 bridgehead atoms. The SMILES string of the molecule is CCCCCCCCCCCCCCCCCOCCOP(=O)(COCCn1cnc2c(=O)[nH]c(N)nc21)OCc1ccccc1. The highest BCUT2D eigenvalue weighted by Gasteiger charge is 2.25. The fourth-order valence-corrected chi connectivity index (χ4v) is 6.52. The Bertz CT molecular complexity index is 1320. The number of hydrogen-bond donors (Lipinski definition) is 2. The van der Waals surface area contributed by atoms with Gasteiger partial charge in [-0.1, -0.05) is 127 Å². The molecule has 0 aliphatic carbocycles. The molecule has 2 aromatic heterocycles. The number of H-pyrrole nitrogens is 1. The van der Waals surface area contributed by atoms with Crippen molar-refractivity contribution < 1.29 is 23.1 Å². The third-order valence-electron chi connectivity index (χ3n) is 7.90. The maximum atomic E-state index is 13.5. The molecule has 12 heteroatoms. The van der Waals surface area contributed by atoms with Crippen LogP contribution in [0, 0.1) is 0 Å². The lowest BCUT2D eigenvalue weighted by Gasteiger charge is -2.19. The number of anilines is 1. The summed E-state index contributed by atoms with van der Waals surface area (Å²) in [6, 6.07) is 9.50. The van der Waals surface area contributed by atoms with Crippen LogP contribution in [0.15, 0.2) is 41.5 Å². The number of imidazole rings is 1. The van der Waals surface area contributed by atoms with Crippen molar-refractivity contribution >= 4 is 24.7 Å². The summed E-state index contributed by atoms with van der Waals surface area (Å²) in [4.78, 5) is 22.7. The maximum Gasteiger partial charge on any atom is 0.356 e. The van der Waals surface area contributed by atoms with Crippen LogP contribution in [0.2, 0.25) is 0 Å². The van der Waals surface area contributed by atoms with Crippen LogP contribution in [0.4, 0.5) is 5.95 Å². The number of rotatable bonds is 28. The lowest BCUT2D eigenvalue weighted by molar-refractivity contribution is 0.0756. The average Bonchev–Trinajstić information content (AvgIpc) is 3.46. The third kappa shape index (κ3) is 15.4. The zero-order chi connectivity index (χ0) is 32.7. The molecule has 2 heterocycles. The number of aromatic nitrogens is 4. The summed E-state index contributed by atoms with van der Waals surface area (Å²) >= 11 is 0. The zero-order valence-corrected chi connectivity index (χ0v) is 28.7. The molecule has 1 unspecified atom stereocenters. The number of nitrogens with two attached hydrogens (primary N) is 1. The van der Waals surface area contributed by atoms with E-state index in [0.29, 0.717) is 25.4 Å². The minimum Gasteiger partial charge on any atom is -0.379 e. The molecule has 11 nitrogen and oxygen atoms in total. The summed E-state index contributed by atoms with van der Waals surface area (Å²) in [5.41, 5.74) is 6.70. The maximum absolute atomic E-state index is 13.5. The van der Waals surface area contributed by atoms with Gasteiger partial charge in [-0.3, -0.25) is 14.3 Å². The van der Waals surface area contributed by atoms with Crippen LogP contribution >= 0.6 is 7.60 Å². The molecule has 258 valence electrons. The van der Waals surface area contributed by atoms with Crippen molar-refractivity contribution in [3.8, 4) is 0 Å². The molecule has 1 atom stereocenters. The Balaban J connectivity index is 1.25. The summed E-state index contributed by atoms with van der Waals surface area (Å²) in [6.45, 7) is 4.05. The van der Waals surface area contributed by atoms with Crippen molar-refractivity contribution in [2.24, 2.45) is 0 Å². The number of unbranched alkanes of at least 4 members (excludes halogenated alkanes) is 14. The Kier molecular flexibility index (Phi) is 18.8. The summed E-state index contributed by atoms with van der Waals surface area (Å²) in [7, 11) is -3.57. The van der Waals surface area contributed by atoms with E-state index in [1.165, 1.54) is 89.8 Å². The minimum absolute atomic E-state index is 0.00851. The molecule has 0 saturated carbocycles. The van der Waals surface area contributed by atoms with Crippen LogP contribution in [0.5, 0.6) is 0 Å². The normalized spacial score (nSPS) is 13.0. The van der Waals surface area contributed by atoms with Crippen LogP contribution in [-0.4, -0.2) is 52.3 Å². The molecule has 0 radical (unpaired) electrons. The number of aromatic amines is 1. The van der Waals surface area contributed by atoms with E-state index in [-0.39, 0.29) is 37.6 Å². The van der Waals surface area contributed by atoms with Crippen LogP contribution in [0.1, 0.15) is 109 Å². The van der Waals surface area contributed by atoms with Gasteiger partial charge < -0.3 is 28.8 Å². The van der Waals surface area contributed by atoms with Gasteiger partial charge in [0.25, 0.3) is 5.56 Å². The van der Waals surface area contributed by atoms with E-state index in [0.717, 1.165) is 18.4 Å². The number of hydrogen-bond acceptors (Lipinski definition) is 9. The van der Waals surface area contributed by atoms with Gasteiger partial charge in [-0.25, -0.2) is 4.98 Å². The van der Waals surface area contributed by atoms with Gasteiger partial charge in [0.05, 0.1) is 32.8 Å². The first-order valence-corrected chi connectivity index (χ1v) is 19.0. The minimum atomic E-state index is -3.57. The Hall–Kier alpha value is -2.56. The molecular formula is C34H56N5O6P. The molecule has 0 saturated heterocycles. The second-order valence-electron chi connectivity index (χ2n) is 11.9. The van der Waals surface area contributed by atoms with E-state index < -0.39 is 13.2 Å². The number of nitrogens with zero attached hydrogens (tertiary/aromatic N) is 3. The quantitative estimate of drug-likeness (QED) is 0.0584. The zero-order valence-electron chi connectivity index (χ0n) is 27.8. The van der Waals surface area contributed by atoms with Crippen molar-refractivity contribution in [3.05, 3.63) is 52.6 Å². The van der Waals surface area contributed by atoms with E-state index in [9.17, 15) is 9.36 Å². The predicted molar refractivity (Wildman–Crippen MR) is 184 cm³/mol. The van der Waals surface area contributed by atoms with E-state index in [2.05, 4.69) is 21.9 Å². The Labute approximate surface area is 274 Å². The van der Waals surface area contributed by atoms with Crippen molar-refractivity contribution in [1.82, 2.24) is 19.5 Å². The Morgan fingerprint density at radius 3 is 2.07 bits per heavy atom. The number of ether oxygens (including phenoxy) is 2. The van der Waals surface area contributed by atoms with Gasteiger partial charge in [-0.2, -0.15) is 4.98 Å². The van der Waals surface area contributed by atoms with Crippen LogP contribution in [-0.2, 0) is 36.2 Å². The first-order chi connectivity index (χ1) is 22.5. The van der Waals surface area contributed by atoms with Gasteiger partial charge in [0.2, 0.25) is 5.95 Å². The molecular weight excluding hydrogens is 605 g/mol. The van der Waals surface area contributed by atoms with Crippen LogP contribution in [0.3, 0.4) is 0 Å². The Morgan fingerprint density at radius 2 is 1.41 bits per heavy atom. The van der Waals surface area contributed by atoms with Crippen molar-refractivity contribution in [2.75, 3.05) is 38.5 Å². The molecule has 1 aromatic carbocycles.